The van der Waals surface area contributed by atoms with E-state index in [0.717, 1.165) is 22.5 Å². The third kappa shape index (κ3) is 2.65. The number of fused-ring (bicyclic) bond motifs is 1. The van der Waals surface area contributed by atoms with Crippen LogP contribution < -0.4 is 5.32 Å². The molecule has 0 spiro atoms. The van der Waals surface area contributed by atoms with Gasteiger partial charge in [-0.25, -0.2) is 4.98 Å². The van der Waals surface area contributed by atoms with E-state index in [1.165, 1.54) is 5.01 Å². The largest absolute Gasteiger partial charge is 0.379 e. The molecule has 0 bridgehead atoms. The second-order valence-electron chi connectivity index (χ2n) is 5.68. The van der Waals surface area contributed by atoms with Crippen molar-refractivity contribution in [3.05, 3.63) is 45.4 Å². The summed E-state index contributed by atoms with van der Waals surface area (Å²) in [5, 5.41) is 6.69. The Balaban J connectivity index is 1.76. The summed E-state index contributed by atoms with van der Waals surface area (Å²) in [5.74, 6) is 0.570. The number of rotatable bonds is 4. The van der Waals surface area contributed by atoms with Crippen LogP contribution in [0.25, 0.3) is 0 Å². The molecule has 0 saturated heterocycles. The van der Waals surface area contributed by atoms with Crippen LogP contribution in [0.4, 0.5) is 5.69 Å². The molecule has 3 rings (SSSR count). The molecule has 0 aliphatic carbocycles. The standard InChI is InChI=1S/C16H19N3OS/c1-10(2)15-18-11(9-21-15)7-17-14-6-4-5-12-13(14)8-19(3)16(12)20/h4-6,9-10,17H,7-8H2,1-3H3. The van der Waals surface area contributed by atoms with E-state index < -0.39 is 0 Å². The second kappa shape index (κ2) is 5.48. The van der Waals surface area contributed by atoms with Crippen molar-refractivity contribution in [2.24, 2.45) is 0 Å². The molecule has 5 heteroatoms. The number of aromatic nitrogens is 1. The van der Waals surface area contributed by atoms with Gasteiger partial charge < -0.3 is 10.2 Å². The zero-order chi connectivity index (χ0) is 15.0. The number of carbonyl (C=O) groups excluding carboxylic acids is 1. The van der Waals surface area contributed by atoms with Crippen LogP contribution in [0.3, 0.4) is 0 Å². The monoisotopic (exact) mass is 301 g/mol. The summed E-state index contributed by atoms with van der Waals surface area (Å²) in [4.78, 5) is 18.4. The van der Waals surface area contributed by atoms with Gasteiger partial charge in [0.2, 0.25) is 0 Å². The van der Waals surface area contributed by atoms with Crippen LogP contribution in [0.2, 0.25) is 0 Å². The van der Waals surface area contributed by atoms with E-state index in [9.17, 15) is 4.79 Å². The smallest absolute Gasteiger partial charge is 0.254 e. The lowest BCUT2D eigenvalue weighted by molar-refractivity contribution is 0.0816. The Kier molecular flexibility index (Phi) is 3.68. The average Bonchev–Trinajstić information content (AvgIpc) is 3.04. The predicted octanol–water partition coefficient (Wildman–Crippen LogP) is 3.46. The Morgan fingerprint density at radius 2 is 2.24 bits per heavy atom. The van der Waals surface area contributed by atoms with Crippen molar-refractivity contribution in [3.63, 3.8) is 0 Å². The average molecular weight is 301 g/mol. The van der Waals surface area contributed by atoms with Crippen molar-refractivity contribution in [2.75, 3.05) is 12.4 Å². The normalized spacial score (nSPS) is 13.9. The maximum absolute atomic E-state index is 12.0. The van der Waals surface area contributed by atoms with Gasteiger partial charge >= 0.3 is 0 Å². The van der Waals surface area contributed by atoms with Gasteiger partial charge in [0.15, 0.2) is 0 Å². The van der Waals surface area contributed by atoms with Gasteiger partial charge in [-0.1, -0.05) is 19.9 Å². The molecule has 21 heavy (non-hydrogen) atoms. The van der Waals surface area contributed by atoms with Crippen molar-refractivity contribution < 1.29 is 4.79 Å². The molecule has 1 aromatic carbocycles. The van der Waals surface area contributed by atoms with E-state index in [-0.39, 0.29) is 5.91 Å². The highest BCUT2D eigenvalue weighted by Crippen LogP contribution is 2.29. The summed E-state index contributed by atoms with van der Waals surface area (Å²) in [7, 11) is 1.83. The minimum atomic E-state index is 0.101. The third-order valence-corrected chi connectivity index (χ3v) is 4.87. The number of carbonyl (C=O) groups is 1. The molecule has 110 valence electrons. The van der Waals surface area contributed by atoms with E-state index in [4.69, 9.17) is 0 Å². The van der Waals surface area contributed by atoms with Crippen LogP contribution in [0.5, 0.6) is 0 Å². The highest BCUT2D eigenvalue weighted by molar-refractivity contribution is 7.09. The molecule has 1 aliphatic heterocycles. The van der Waals surface area contributed by atoms with Gasteiger partial charge in [-0.2, -0.15) is 0 Å². The maximum atomic E-state index is 12.0. The highest BCUT2D eigenvalue weighted by atomic mass is 32.1. The third-order valence-electron chi connectivity index (χ3n) is 3.67. The summed E-state index contributed by atoms with van der Waals surface area (Å²) < 4.78 is 0. The Hall–Kier alpha value is -1.88. The SMILES string of the molecule is CC(C)c1nc(CNc2cccc3c2CN(C)C3=O)cs1. The quantitative estimate of drug-likeness (QED) is 0.940. The van der Waals surface area contributed by atoms with E-state index in [1.54, 1.807) is 16.2 Å². The van der Waals surface area contributed by atoms with Crippen LogP contribution >= 0.6 is 11.3 Å². The minimum Gasteiger partial charge on any atom is -0.379 e. The minimum absolute atomic E-state index is 0.101. The van der Waals surface area contributed by atoms with E-state index >= 15 is 0 Å². The van der Waals surface area contributed by atoms with Crippen LogP contribution in [-0.4, -0.2) is 22.8 Å². The zero-order valence-corrected chi connectivity index (χ0v) is 13.3. The summed E-state index contributed by atoms with van der Waals surface area (Å²) in [6, 6.07) is 5.85. The number of nitrogens with one attached hydrogen (secondary N) is 1. The van der Waals surface area contributed by atoms with Crippen LogP contribution in [0.15, 0.2) is 23.6 Å². The van der Waals surface area contributed by atoms with Crippen LogP contribution in [-0.2, 0) is 13.1 Å². The second-order valence-corrected chi connectivity index (χ2v) is 6.57. The zero-order valence-electron chi connectivity index (χ0n) is 12.5. The summed E-state index contributed by atoms with van der Waals surface area (Å²) in [6.45, 7) is 5.67. The molecule has 0 unspecified atom stereocenters. The lowest BCUT2D eigenvalue weighted by Crippen LogP contribution is -2.17. The molecular weight excluding hydrogens is 282 g/mol. The fraction of sp³-hybridized carbons (Fsp3) is 0.375. The Bertz CT molecular complexity index is 678. The van der Waals surface area contributed by atoms with Crippen LogP contribution in [0, 0.1) is 0 Å². The Labute approximate surface area is 128 Å². The molecule has 0 saturated carbocycles. The number of thiazole rings is 1. The summed E-state index contributed by atoms with van der Waals surface area (Å²) in [6.07, 6.45) is 0. The first-order valence-electron chi connectivity index (χ1n) is 7.11. The molecule has 1 aromatic heterocycles. The van der Waals surface area contributed by atoms with Gasteiger partial charge in [-0.05, 0) is 12.1 Å². The highest BCUT2D eigenvalue weighted by Gasteiger charge is 2.26. The van der Waals surface area contributed by atoms with Gasteiger partial charge in [0.1, 0.15) is 0 Å². The fourth-order valence-corrected chi connectivity index (χ4v) is 3.33. The molecule has 0 fully saturated rings. The molecule has 1 amide bonds. The number of hydrogen-bond donors (Lipinski definition) is 1. The fourth-order valence-electron chi connectivity index (χ4n) is 2.49. The molecule has 0 atom stereocenters. The van der Waals surface area contributed by atoms with Gasteiger partial charge in [0.25, 0.3) is 5.91 Å². The van der Waals surface area contributed by atoms with E-state index in [1.807, 2.05) is 25.2 Å². The Morgan fingerprint density at radius 3 is 2.95 bits per heavy atom. The number of benzene rings is 1. The lowest BCUT2D eigenvalue weighted by Gasteiger charge is -2.09. The van der Waals surface area contributed by atoms with Crippen molar-refractivity contribution in [1.82, 2.24) is 9.88 Å². The number of anilines is 1. The van der Waals surface area contributed by atoms with Gasteiger partial charge in [0.05, 0.1) is 17.2 Å². The van der Waals surface area contributed by atoms with Crippen molar-refractivity contribution in [2.45, 2.75) is 32.9 Å². The molecule has 2 heterocycles. The number of nitrogens with zero attached hydrogens (tertiary/aromatic N) is 2. The van der Waals surface area contributed by atoms with Crippen LogP contribution in [0.1, 0.15) is 46.4 Å². The van der Waals surface area contributed by atoms with Gasteiger partial charge in [0, 0.05) is 41.7 Å². The van der Waals surface area contributed by atoms with E-state index in [2.05, 4.69) is 29.5 Å². The predicted molar refractivity (Wildman–Crippen MR) is 85.8 cm³/mol. The topological polar surface area (TPSA) is 45.2 Å². The lowest BCUT2D eigenvalue weighted by atomic mass is 10.1. The first-order chi connectivity index (χ1) is 10.1. The summed E-state index contributed by atoms with van der Waals surface area (Å²) >= 11 is 1.71. The molecule has 1 N–H and O–H groups in total. The first-order valence-corrected chi connectivity index (χ1v) is 7.99. The molecule has 2 aromatic rings. The molecule has 4 nitrogen and oxygen atoms in total. The molecule has 0 radical (unpaired) electrons. The first kappa shape index (κ1) is 14.1. The van der Waals surface area contributed by atoms with Gasteiger partial charge in [-0.3, -0.25) is 4.79 Å². The Morgan fingerprint density at radius 1 is 1.43 bits per heavy atom. The van der Waals surface area contributed by atoms with Gasteiger partial charge in [-0.15, -0.1) is 11.3 Å². The molecular formula is C16H19N3OS. The van der Waals surface area contributed by atoms with Crippen molar-refractivity contribution in [1.29, 1.82) is 0 Å². The van der Waals surface area contributed by atoms with E-state index in [0.29, 0.717) is 19.0 Å². The van der Waals surface area contributed by atoms with Crippen molar-refractivity contribution >= 4 is 22.9 Å². The maximum Gasteiger partial charge on any atom is 0.254 e. The number of amides is 1. The molecule has 1 aliphatic rings. The number of hydrogen-bond acceptors (Lipinski definition) is 4. The summed E-state index contributed by atoms with van der Waals surface area (Å²) in [5.41, 5.74) is 3.98. The van der Waals surface area contributed by atoms with Crippen molar-refractivity contribution in [3.8, 4) is 0 Å².